The molecule has 1 aliphatic heterocycles. The Balaban J connectivity index is 1.40. The predicted octanol–water partition coefficient (Wildman–Crippen LogP) is 5.81. The number of benzene rings is 2. The summed E-state index contributed by atoms with van der Waals surface area (Å²) in [4.78, 5) is 13.1. The molecule has 3 heterocycles. The molecule has 5 rings (SSSR count). The van der Waals surface area contributed by atoms with Gasteiger partial charge in [-0.2, -0.15) is 23.4 Å². The number of halogens is 4. The van der Waals surface area contributed by atoms with E-state index in [0.717, 1.165) is 10.2 Å². The molecule has 2 aromatic heterocycles. The van der Waals surface area contributed by atoms with Gasteiger partial charge in [-0.25, -0.2) is 9.07 Å². The highest BCUT2D eigenvalue weighted by molar-refractivity contribution is 6.04. The Kier molecular flexibility index (Phi) is 6.79. The minimum Gasteiger partial charge on any atom is -0.497 e. The second-order valence-electron chi connectivity index (χ2n) is 9.41. The molecule has 204 valence electrons. The zero-order chi connectivity index (χ0) is 27.9. The number of hydrogen-bond donors (Lipinski definition) is 2. The van der Waals surface area contributed by atoms with Gasteiger partial charge in [0.2, 0.25) is 0 Å². The molecule has 0 unspecified atom stereocenters. The first-order valence-corrected chi connectivity index (χ1v) is 12.2. The van der Waals surface area contributed by atoms with Gasteiger partial charge in [0.05, 0.1) is 36.8 Å². The summed E-state index contributed by atoms with van der Waals surface area (Å²) in [6.07, 6.45) is -4.89. The van der Waals surface area contributed by atoms with Crippen LogP contribution in [0.2, 0.25) is 0 Å². The quantitative estimate of drug-likeness (QED) is 0.301. The summed E-state index contributed by atoms with van der Waals surface area (Å²) in [5, 5.41) is 14.3. The maximum atomic E-state index is 14.1. The monoisotopic (exact) mass is 542 g/mol. The summed E-state index contributed by atoms with van der Waals surface area (Å²) >= 11 is 0. The van der Waals surface area contributed by atoms with Crippen LogP contribution in [-0.4, -0.2) is 38.8 Å². The first-order valence-electron chi connectivity index (χ1n) is 12.2. The van der Waals surface area contributed by atoms with Crippen molar-refractivity contribution in [3.8, 4) is 5.75 Å². The van der Waals surface area contributed by atoms with Gasteiger partial charge in [-0.3, -0.25) is 9.48 Å². The third-order valence-corrected chi connectivity index (χ3v) is 6.78. The third-order valence-electron chi connectivity index (χ3n) is 6.78. The number of carbonyl (C=O) groups is 1. The molecule has 2 aromatic carbocycles. The molecule has 1 aliphatic rings. The van der Waals surface area contributed by atoms with Crippen LogP contribution in [0.3, 0.4) is 0 Å². The van der Waals surface area contributed by atoms with Crippen LogP contribution >= 0.6 is 0 Å². The summed E-state index contributed by atoms with van der Waals surface area (Å²) in [7, 11) is 1.49. The normalized spacial score (nSPS) is 16.9. The largest absolute Gasteiger partial charge is 0.497 e. The Bertz CT molecular complexity index is 1510. The molecule has 4 aromatic rings. The molecule has 0 fully saturated rings. The van der Waals surface area contributed by atoms with Crippen molar-refractivity contribution < 1.29 is 27.1 Å². The predicted molar refractivity (Wildman–Crippen MR) is 136 cm³/mol. The molecule has 39 heavy (non-hydrogen) atoms. The van der Waals surface area contributed by atoms with E-state index in [1.54, 1.807) is 54.9 Å². The standard InChI is InChI=1S/C27H26F4N6O2/c1-15-25(16(2)36(34-15)14-17-7-9-19(28)10-8-17)33-26(38)22-13-24-32-21(18-5-4-6-20(11-18)39-3)12-23(27(29,30)31)37(24)35-22/h4-11,13,21,23,32H,12,14H2,1-3H3,(H,33,38)/t21-,23+/m0/s1. The van der Waals surface area contributed by atoms with E-state index in [4.69, 9.17) is 4.74 Å². The van der Waals surface area contributed by atoms with E-state index >= 15 is 0 Å². The Morgan fingerprint density at radius 3 is 2.56 bits per heavy atom. The lowest BCUT2D eigenvalue weighted by Crippen LogP contribution is -2.35. The van der Waals surface area contributed by atoms with Crippen molar-refractivity contribution in [2.75, 3.05) is 17.7 Å². The van der Waals surface area contributed by atoms with Crippen molar-refractivity contribution in [1.82, 2.24) is 19.6 Å². The first kappa shape index (κ1) is 26.3. The minimum atomic E-state index is -4.58. The Hall–Kier alpha value is -4.35. The van der Waals surface area contributed by atoms with Gasteiger partial charge < -0.3 is 15.4 Å². The van der Waals surface area contributed by atoms with Gasteiger partial charge in [-0.05, 0) is 49.2 Å². The number of nitrogens with one attached hydrogen (secondary N) is 2. The van der Waals surface area contributed by atoms with Crippen molar-refractivity contribution in [2.45, 2.75) is 45.1 Å². The van der Waals surface area contributed by atoms with Crippen molar-refractivity contribution in [3.05, 3.63) is 88.6 Å². The summed E-state index contributed by atoms with van der Waals surface area (Å²) in [6.45, 7) is 3.82. The van der Waals surface area contributed by atoms with Gasteiger partial charge in [-0.15, -0.1) is 0 Å². The number of ether oxygens (including phenoxy) is 1. The van der Waals surface area contributed by atoms with Crippen molar-refractivity contribution in [2.24, 2.45) is 0 Å². The number of rotatable bonds is 6. The first-order chi connectivity index (χ1) is 18.5. The van der Waals surface area contributed by atoms with Crippen LogP contribution in [0, 0.1) is 19.7 Å². The number of carbonyl (C=O) groups excluding carboxylic acids is 1. The van der Waals surface area contributed by atoms with E-state index in [-0.39, 0.29) is 23.7 Å². The van der Waals surface area contributed by atoms with E-state index in [2.05, 4.69) is 20.8 Å². The maximum absolute atomic E-state index is 14.1. The molecule has 2 atom stereocenters. The molecule has 8 nitrogen and oxygen atoms in total. The number of hydrogen-bond acceptors (Lipinski definition) is 5. The highest BCUT2D eigenvalue weighted by atomic mass is 19.4. The summed E-state index contributed by atoms with van der Waals surface area (Å²) < 4.78 is 63.2. The molecule has 0 radical (unpaired) electrons. The molecule has 12 heteroatoms. The Morgan fingerprint density at radius 1 is 1.13 bits per heavy atom. The number of amides is 1. The number of aryl methyl sites for hydroxylation is 1. The molecule has 0 bridgehead atoms. The van der Waals surface area contributed by atoms with Crippen molar-refractivity contribution in [3.63, 3.8) is 0 Å². The third kappa shape index (κ3) is 5.31. The fraction of sp³-hybridized carbons (Fsp3) is 0.296. The van der Waals surface area contributed by atoms with Crippen LogP contribution in [0.1, 0.15) is 51.5 Å². The van der Waals surface area contributed by atoms with Gasteiger partial charge in [-0.1, -0.05) is 24.3 Å². The average molecular weight is 543 g/mol. The Labute approximate surface area is 221 Å². The van der Waals surface area contributed by atoms with E-state index in [0.29, 0.717) is 34.9 Å². The van der Waals surface area contributed by atoms with E-state index in [1.807, 2.05) is 0 Å². The lowest BCUT2D eigenvalue weighted by Gasteiger charge is -2.33. The number of aromatic nitrogens is 4. The number of anilines is 2. The van der Waals surface area contributed by atoms with Gasteiger partial charge in [0.25, 0.3) is 5.91 Å². The SMILES string of the molecule is COc1cccc([C@@H]2C[C@H](C(F)(F)F)n3nc(C(=O)Nc4c(C)nn(Cc5ccc(F)cc5)c4C)cc3N2)c1. The molecule has 0 saturated carbocycles. The molecular weight excluding hydrogens is 516 g/mol. The molecule has 0 aliphatic carbocycles. The average Bonchev–Trinajstić information content (AvgIpc) is 3.45. The highest BCUT2D eigenvalue weighted by Crippen LogP contribution is 2.44. The zero-order valence-electron chi connectivity index (χ0n) is 21.4. The number of fused-ring (bicyclic) bond motifs is 1. The molecule has 0 saturated heterocycles. The Morgan fingerprint density at radius 2 is 1.87 bits per heavy atom. The van der Waals surface area contributed by atoms with Gasteiger partial charge in [0.1, 0.15) is 17.4 Å². The van der Waals surface area contributed by atoms with Crippen molar-refractivity contribution in [1.29, 1.82) is 0 Å². The second kappa shape index (κ2) is 10.1. The number of methoxy groups -OCH3 is 1. The van der Waals surface area contributed by atoms with E-state index < -0.39 is 24.2 Å². The second-order valence-corrected chi connectivity index (χ2v) is 9.41. The number of nitrogens with zero attached hydrogens (tertiary/aromatic N) is 4. The zero-order valence-corrected chi connectivity index (χ0v) is 21.4. The van der Waals surface area contributed by atoms with Crippen LogP contribution in [0.5, 0.6) is 5.75 Å². The minimum absolute atomic E-state index is 0.0852. The number of alkyl halides is 3. The fourth-order valence-corrected chi connectivity index (χ4v) is 4.73. The summed E-state index contributed by atoms with van der Waals surface area (Å²) in [5.41, 5.74) is 2.87. The highest BCUT2D eigenvalue weighted by Gasteiger charge is 2.47. The van der Waals surface area contributed by atoms with Crippen LogP contribution in [0.25, 0.3) is 0 Å². The van der Waals surface area contributed by atoms with Gasteiger partial charge in [0, 0.05) is 12.5 Å². The fourth-order valence-electron chi connectivity index (χ4n) is 4.73. The molecule has 0 spiro atoms. The lowest BCUT2D eigenvalue weighted by atomic mass is 9.97. The smallest absolute Gasteiger partial charge is 0.410 e. The van der Waals surface area contributed by atoms with Crippen LogP contribution in [0.4, 0.5) is 29.1 Å². The summed E-state index contributed by atoms with van der Waals surface area (Å²) in [5.74, 6) is -0.394. The lowest BCUT2D eigenvalue weighted by molar-refractivity contribution is -0.173. The van der Waals surface area contributed by atoms with E-state index in [9.17, 15) is 22.4 Å². The van der Waals surface area contributed by atoms with E-state index in [1.165, 1.54) is 25.3 Å². The van der Waals surface area contributed by atoms with Crippen molar-refractivity contribution >= 4 is 17.4 Å². The van der Waals surface area contributed by atoms with Gasteiger partial charge >= 0.3 is 6.18 Å². The van der Waals surface area contributed by atoms with Crippen LogP contribution in [0.15, 0.2) is 54.6 Å². The maximum Gasteiger partial charge on any atom is 0.410 e. The molecular formula is C27H26F4N6O2. The molecule has 1 amide bonds. The summed E-state index contributed by atoms with van der Waals surface area (Å²) in [6, 6.07) is 11.5. The molecule has 2 N–H and O–H groups in total. The topological polar surface area (TPSA) is 86.0 Å². The van der Waals surface area contributed by atoms with Crippen LogP contribution < -0.4 is 15.4 Å². The van der Waals surface area contributed by atoms with Crippen LogP contribution in [-0.2, 0) is 6.54 Å². The van der Waals surface area contributed by atoms with Gasteiger partial charge in [0.15, 0.2) is 11.7 Å².